The van der Waals surface area contributed by atoms with Crippen molar-refractivity contribution in [2.45, 2.75) is 6.92 Å². The van der Waals surface area contributed by atoms with E-state index in [2.05, 4.69) is 5.32 Å². The van der Waals surface area contributed by atoms with E-state index in [4.69, 9.17) is 5.73 Å². The Labute approximate surface area is 105 Å². The molecule has 1 amide bonds. The first-order valence-electron chi connectivity index (χ1n) is 5.54. The number of nitrogens with two attached hydrogens (primary N) is 1. The molecule has 1 atom stereocenters. The Morgan fingerprint density at radius 2 is 1.94 bits per heavy atom. The average molecular weight is 257 g/mol. The Bertz CT molecular complexity index is 428. The lowest BCUT2D eigenvalue weighted by molar-refractivity contribution is -0.123. The maximum absolute atomic E-state index is 13.6. The summed E-state index contributed by atoms with van der Waals surface area (Å²) in [4.78, 5) is 12.7. The highest BCUT2D eigenvalue weighted by Crippen LogP contribution is 2.25. The number of anilines is 2. The highest BCUT2D eigenvalue weighted by Gasteiger charge is 2.19. The van der Waals surface area contributed by atoms with Gasteiger partial charge in [-0.05, 0) is 12.1 Å². The minimum atomic E-state index is -0.737. The second kappa shape index (κ2) is 5.66. The SMILES string of the molecule is CNC(=O)C(C)CN(C)c1c(F)cc(N)cc1F. The lowest BCUT2D eigenvalue weighted by Gasteiger charge is -2.23. The zero-order chi connectivity index (χ0) is 13.9. The molecular weight excluding hydrogens is 240 g/mol. The second-order valence-corrected chi connectivity index (χ2v) is 4.23. The number of halogens is 2. The number of benzene rings is 1. The fourth-order valence-electron chi connectivity index (χ4n) is 1.78. The first-order valence-corrected chi connectivity index (χ1v) is 5.54. The van der Waals surface area contributed by atoms with Crippen molar-refractivity contribution in [3.63, 3.8) is 0 Å². The third kappa shape index (κ3) is 3.09. The van der Waals surface area contributed by atoms with Gasteiger partial charge in [0, 0.05) is 26.3 Å². The van der Waals surface area contributed by atoms with Gasteiger partial charge in [-0.3, -0.25) is 4.79 Å². The van der Waals surface area contributed by atoms with Crippen LogP contribution in [0.4, 0.5) is 20.2 Å². The molecule has 0 aromatic heterocycles. The van der Waals surface area contributed by atoms with Crippen LogP contribution in [0, 0.1) is 17.6 Å². The highest BCUT2D eigenvalue weighted by atomic mass is 19.1. The average Bonchev–Trinajstić information content (AvgIpc) is 2.26. The molecule has 1 unspecified atom stereocenters. The van der Waals surface area contributed by atoms with Crippen LogP contribution in [-0.2, 0) is 4.79 Å². The van der Waals surface area contributed by atoms with Gasteiger partial charge in [0.25, 0.3) is 0 Å². The molecule has 1 aromatic carbocycles. The van der Waals surface area contributed by atoms with E-state index in [1.165, 1.54) is 19.0 Å². The molecule has 0 fully saturated rings. The zero-order valence-corrected chi connectivity index (χ0v) is 10.6. The number of nitrogens with one attached hydrogen (secondary N) is 1. The molecule has 1 rings (SSSR count). The third-order valence-corrected chi connectivity index (χ3v) is 2.66. The summed E-state index contributed by atoms with van der Waals surface area (Å²) in [7, 11) is 3.04. The van der Waals surface area contributed by atoms with Crippen LogP contribution in [0.2, 0.25) is 0 Å². The van der Waals surface area contributed by atoms with E-state index >= 15 is 0 Å². The summed E-state index contributed by atoms with van der Waals surface area (Å²) >= 11 is 0. The van der Waals surface area contributed by atoms with E-state index in [0.717, 1.165) is 12.1 Å². The van der Waals surface area contributed by atoms with Gasteiger partial charge in [-0.25, -0.2) is 8.78 Å². The smallest absolute Gasteiger partial charge is 0.224 e. The minimum Gasteiger partial charge on any atom is -0.399 e. The summed E-state index contributed by atoms with van der Waals surface area (Å²) in [6, 6.07) is 2.11. The summed E-state index contributed by atoms with van der Waals surface area (Å²) in [6.45, 7) is 1.89. The molecular formula is C12H17F2N3O. The number of hydrogen-bond donors (Lipinski definition) is 2. The van der Waals surface area contributed by atoms with Crippen LogP contribution in [0.25, 0.3) is 0 Å². The predicted octanol–water partition coefficient (Wildman–Crippen LogP) is 1.37. The second-order valence-electron chi connectivity index (χ2n) is 4.23. The summed E-state index contributed by atoms with van der Waals surface area (Å²) in [5, 5.41) is 2.49. The molecule has 0 radical (unpaired) electrons. The predicted molar refractivity (Wildman–Crippen MR) is 67.3 cm³/mol. The third-order valence-electron chi connectivity index (χ3n) is 2.66. The molecule has 0 aliphatic carbocycles. The zero-order valence-electron chi connectivity index (χ0n) is 10.6. The topological polar surface area (TPSA) is 58.4 Å². The Hall–Kier alpha value is -1.85. The molecule has 4 nitrogen and oxygen atoms in total. The van der Waals surface area contributed by atoms with Gasteiger partial charge in [0.1, 0.15) is 5.69 Å². The van der Waals surface area contributed by atoms with E-state index < -0.39 is 11.6 Å². The van der Waals surface area contributed by atoms with Crippen LogP contribution in [0.1, 0.15) is 6.92 Å². The molecule has 0 spiro atoms. The van der Waals surface area contributed by atoms with Gasteiger partial charge in [0.2, 0.25) is 5.91 Å². The molecule has 100 valence electrons. The van der Waals surface area contributed by atoms with Gasteiger partial charge in [-0.1, -0.05) is 6.92 Å². The first-order chi connectivity index (χ1) is 8.36. The van der Waals surface area contributed by atoms with Gasteiger partial charge in [0.05, 0.1) is 5.92 Å². The van der Waals surface area contributed by atoms with Crippen LogP contribution < -0.4 is 16.0 Å². The van der Waals surface area contributed by atoms with Crippen molar-refractivity contribution in [3.8, 4) is 0 Å². The first kappa shape index (κ1) is 14.2. The van der Waals surface area contributed by atoms with Crippen LogP contribution in [0.15, 0.2) is 12.1 Å². The molecule has 0 aliphatic rings. The Morgan fingerprint density at radius 3 is 2.39 bits per heavy atom. The van der Waals surface area contributed by atoms with Crippen molar-refractivity contribution in [1.29, 1.82) is 0 Å². The van der Waals surface area contributed by atoms with Gasteiger partial charge < -0.3 is 16.0 Å². The highest BCUT2D eigenvalue weighted by molar-refractivity contribution is 5.78. The molecule has 3 N–H and O–H groups in total. The summed E-state index contributed by atoms with van der Waals surface area (Å²) < 4.78 is 27.3. The van der Waals surface area contributed by atoms with Crippen molar-refractivity contribution in [2.24, 2.45) is 5.92 Å². The van der Waals surface area contributed by atoms with Crippen LogP contribution in [-0.4, -0.2) is 26.5 Å². The van der Waals surface area contributed by atoms with Crippen molar-refractivity contribution < 1.29 is 13.6 Å². The number of rotatable bonds is 4. The monoisotopic (exact) mass is 257 g/mol. The fourth-order valence-corrected chi connectivity index (χ4v) is 1.78. The summed E-state index contributed by atoms with van der Waals surface area (Å²) in [5.41, 5.74) is 5.19. The van der Waals surface area contributed by atoms with Crippen molar-refractivity contribution in [1.82, 2.24) is 5.32 Å². The molecule has 0 bridgehead atoms. The van der Waals surface area contributed by atoms with Gasteiger partial charge in [0.15, 0.2) is 11.6 Å². The van der Waals surface area contributed by atoms with Crippen molar-refractivity contribution >= 4 is 17.3 Å². The maximum Gasteiger partial charge on any atom is 0.224 e. The number of hydrogen-bond acceptors (Lipinski definition) is 3. The van der Waals surface area contributed by atoms with Crippen LogP contribution in [0.3, 0.4) is 0 Å². The van der Waals surface area contributed by atoms with E-state index in [1.807, 2.05) is 0 Å². The normalized spacial score (nSPS) is 12.1. The summed E-state index contributed by atoms with van der Waals surface area (Å²) in [5.74, 6) is -2.03. The fraction of sp³-hybridized carbons (Fsp3) is 0.417. The van der Waals surface area contributed by atoms with E-state index in [-0.39, 0.29) is 29.7 Å². The Kier molecular flexibility index (Phi) is 4.47. The number of nitrogens with zero attached hydrogens (tertiary/aromatic N) is 1. The standard InChI is InChI=1S/C12H17F2N3O/c1-7(12(18)16-2)6-17(3)11-9(13)4-8(15)5-10(11)14/h4-5,7H,6,15H2,1-3H3,(H,16,18). The van der Waals surface area contributed by atoms with Crippen molar-refractivity contribution in [3.05, 3.63) is 23.8 Å². The van der Waals surface area contributed by atoms with E-state index in [0.29, 0.717) is 0 Å². The number of amides is 1. The van der Waals surface area contributed by atoms with Crippen molar-refractivity contribution in [2.75, 3.05) is 31.3 Å². The van der Waals surface area contributed by atoms with Crippen LogP contribution >= 0.6 is 0 Å². The lowest BCUT2D eigenvalue weighted by Crippen LogP contribution is -2.35. The molecule has 0 saturated heterocycles. The lowest BCUT2D eigenvalue weighted by atomic mass is 10.1. The number of carbonyl (C=O) groups excluding carboxylic acids is 1. The molecule has 0 heterocycles. The summed E-state index contributed by atoms with van der Waals surface area (Å²) in [6.07, 6.45) is 0. The van der Waals surface area contributed by atoms with E-state index in [9.17, 15) is 13.6 Å². The molecule has 18 heavy (non-hydrogen) atoms. The molecule has 0 saturated carbocycles. The number of nitrogen functional groups attached to an aromatic ring is 1. The van der Waals surface area contributed by atoms with Crippen LogP contribution in [0.5, 0.6) is 0 Å². The number of carbonyl (C=O) groups is 1. The quantitative estimate of drug-likeness (QED) is 0.801. The van der Waals surface area contributed by atoms with Gasteiger partial charge >= 0.3 is 0 Å². The van der Waals surface area contributed by atoms with Gasteiger partial charge in [-0.2, -0.15) is 0 Å². The largest absolute Gasteiger partial charge is 0.399 e. The molecule has 0 aliphatic heterocycles. The van der Waals surface area contributed by atoms with Gasteiger partial charge in [-0.15, -0.1) is 0 Å². The van der Waals surface area contributed by atoms with E-state index in [1.54, 1.807) is 6.92 Å². The molecule has 6 heteroatoms. The maximum atomic E-state index is 13.6. The Morgan fingerprint density at radius 1 is 1.44 bits per heavy atom. The Balaban J connectivity index is 2.91. The molecule has 1 aromatic rings. The minimum absolute atomic E-state index is 0.0292.